The Hall–Kier alpha value is -1.67. The van der Waals surface area contributed by atoms with Crippen LogP contribution >= 0.6 is 0 Å². The van der Waals surface area contributed by atoms with Crippen LogP contribution in [0, 0.1) is 5.41 Å². The molecule has 0 aliphatic rings. The molecule has 8 nitrogen and oxygen atoms in total. The SMILES string of the molecule is CCC(C)(CC(C)(C)C)N(CCN(CC(=O)O)CC(=O)O)CC(=O)O. The molecule has 0 aromatic carbocycles. The number of hydrogen-bond donors (Lipinski definition) is 3. The third-order valence-electron chi connectivity index (χ3n) is 4.17. The van der Waals surface area contributed by atoms with E-state index in [2.05, 4.69) is 20.8 Å². The van der Waals surface area contributed by atoms with Crippen LogP contribution in [0.25, 0.3) is 0 Å². The topological polar surface area (TPSA) is 118 Å². The number of aliphatic carboxylic acids is 3. The molecule has 0 heterocycles. The molecule has 1 atom stereocenters. The van der Waals surface area contributed by atoms with E-state index in [1.807, 2.05) is 18.7 Å². The van der Waals surface area contributed by atoms with Crippen LogP contribution in [0.2, 0.25) is 0 Å². The van der Waals surface area contributed by atoms with Gasteiger partial charge >= 0.3 is 17.9 Å². The summed E-state index contributed by atoms with van der Waals surface area (Å²) in [5.41, 5.74) is -0.391. The summed E-state index contributed by atoms with van der Waals surface area (Å²) in [5, 5.41) is 27.1. The Kier molecular flexibility index (Phi) is 9.07. The summed E-state index contributed by atoms with van der Waals surface area (Å²) in [4.78, 5) is 36.2. The van der Waals surface area contributed by atoms with Crippen molar-refractivity contribution in [1.82, 2.24) is 9.80 Å². The van der Waals surface area contributed by atoms with E-state index in [-0.39, 0.29) is 30.6 Å². The lowest BCUT2D eigenvalue weighted by atomic mass is 9.78. The van der Waals surface area contributed by atoms with E-state index in [1.165, 1.54) is 4.90 Å². The minimum Gasteiger partial charge on any atom is -0.480 e. The van der Waals surface area contributed by atoms with Crippen LogP contribution in [-0.2, 0) is 14.4 Å². The van der Waals surface area contributed by atoms with E-state index in [0.29, 0.717) is 0 Å². The number of hydrogen-bond acceptors (Lipinski definition) is 5. The molecular formula is C17H32N2O6. The molecule has 0 bridgehead atoms. The van der Waals surface area contributed by atoms with Crippen LogP contribution in [0.4, 0.5) is 0 Å². The largest absolute Gasteiger partial charge is 0.480 e. The minimum atomic E-state index is -1.11. The summed E-state index contributed by atoms with van der Waals surface area (Å²) in [7, 11) is 0. The van der Waals surface area contributed by atoms with E-state index < -0.39 is 31.0 Å². The van der Waals surface area contributed by atoms with Crippen molar-refractivity contribution in [2.75, 3.05) is 32.7 Å². The van der Waals surface area contributed by atoms with Crippen molar-refractivity contribution in [2.24, 2.45) is 5.41 Å². The summed E-state index contributed by atoms with van der Waals surface area (Å²) in [6, 6.07) is 0. The number of nitrogens with zero attached hydrogens (tertiary/aromatic N) is 2. The normalized spacial score (nSPS) is 14.5. The second-order valence-corrected chi connectivity index (χ2v) is 7.90. The Morgan fingerprint density at radius 1 is 0.800 bits per heavy atom. The number of carboxylic acid groups (broad SMARTS) is 3. The predicted octanol–water partition coefficient (Wildman–Crippen LogP) is 1.45. The molecule has 0 saturated heterocycles. The maximum atomic E-state index is 11.3. The first-order chi connectivity index (χ1) is 11.3. The molecule has 25 heavy (non-hydrogen) atoms. The van der Waals surface area contributed by atoms with Crippen LogP contribution in [0.3, 0.4) is 0 Å². The maximum absolute atomic E-state index is 11.3. The average molecular weight is 360 g/mol. The highest BCUT2D eigenvalue weighted by molar-refractivity contribution is 5.72. The van der Waals surface area contributed by atoms with Gasteiger partial charge in [0.25, 0.3) is 0 Å². The van der Waals surface area contributed by atoms with Gasteiger partial charge in [-0.05, 0) is 25.2 Å². The van der Waals surface area contributed by atoms with Gasteiger partial charge in [-0.15, -0.1) is 0 Å². The maximum Gasteiger partial charge on any atom is 0.317 e. The molecule has 0 radical (unpaired) electrons. The van der Waals surface area contributed by atoms with Crippen molar-refractivity contribution >= 4 is 17.9 Å². The lowest BCUT2D eigenvalue weighted by Gasteiger charge is -2.44. The Balaban J connectivity index is 5.26. The molecule has 0 rings (SSSR count). The fourth-order valence-corrected chi connectivity index (χ4v) is 3.16. The average Bonchev–Trinajstić information content (AvgIpc) is 2.39. The first-order valence-corrected chi connectivity index (χ1v) is 8.42. The molecule has 1 unspecified atom stereocenters. The van der Waals surface area contributed by atoms with Crippen molar-refractivity contribution in [3.05, 3.63) is 0 Å². The Morgan fingerprint density at radius 3 is 1.56 bits per heavy atom. The van der Waals surface area contributed by atoms with Gasteiger partial charge in [0, 0.05) is 18.6 Å². The molecule has 0 amide bonds. The zero-order chi connectivity index (χ0) is 19.8. The highest BCUT2D eigenvalue weighted by Gasteiger charge is 2.35. The standard InChI is InChI=1S/C17H32N2O6/c1-6-17(5,12-16(2,3)4)19(11-15(24)25)8-7-18(9-13(20)21)10-14(22)23/h6-12H2,1-5H3,(H,20,21)(H,22,23)(H,24,25). The van der Waals surface area contributed by atoms with Gasteiger partial charge in [0.05, 0.1) is 19.6 Å². The molecule has 8 heteroatoms. The van der Waals surface area contributed by atoms with Gasteiger partial charge < -0.3 is 15.3 Å². The summed E-state index contributed by atoms with van der Waals surface area (Å²) in [6.07, 6.45) is 1.50. The van der Waals surface area contributed by atoms with Gasteiger partial charge in [-0.1, -0.05) is 27.7 Å². The molecule has 0 aromatic rings. The molecule has 0 saturated carbocycles. The first kappa shape index (κ1) is 23.3. The van der Waals surface area contributed by atoms with Crippen LogP contribution in [0.15, 0.2) is 0 Å². The lowest BCUT2D eigenvalue weighted by Crippen LogP contribution is -2.53. The van der Waals surface area contributed by atoms with E-state index in [4.69, 9.17) is 10.2 Å². The third kappa shape index (κ3) is 10.0. The zero-order valence-electron chi connectivity index (χ0n) is 15.9. The first-order valence-electron chi connectivity index (χ1n) is 8.42. The molecule has 0 fully saturated rings. The van der Waals surface area contributed by atoms with Gasteiger partial charge in [-0.25, -0.2) is 0 Å². The fraction of sp³-hybridized carbons (Fsp3) is 0.824. The monoisotopic (exact) mass is 360 g/mol. The van der Waals surface area contributed by atoms with Crippen molar-refractivity contribution in [3.63, 3.8) is 0 Å². The Labute approximate surface area is 149 Å². The third-order valence-corrected chi connectivity index (χ3v) is 4.17. The number of carbonyl (C=O) groups is 3. The van der Waals surface area contributed by atoms with E-state index >= 15 is 0 Å². The summed E-state index contributed by atoms with van der Waals surface area (Å²) < 4.78 is 0. The highest BCUT2D eigenvalue weighted by atomic mass is 16.4. The van der Waals surface area contributed by atoms with Crippen LogP contribution in [0.1, 0.15) is 47.5 Å². The zero-order valence-corrected chi connectivity index (χ0v) is 15.9. The molecule has 0 aromatic heterocycles. The van der Waals surface area contributed by atoms with Crippen molar-refractivity contribution in [1.29, 1.82) is 0 Å². The Morgan fingerprint density at radius 2 is 1.24 bits per heavy atom. The van der Waals surface area contributed by atoms with Gasteiger partial charge in [-0.2, -0.15) is 0 Å². The summed E-state index contributed by atoms with van der Waals surface area (Å²) in [6.45, 7) is 9.74. The molecule has 3 N–H and O–H groups in total. The molecule has 146 valence electrons. The molecular weight excluding hydrogens is 328 g/mol. The molecule has 0 aliphatic heterocycles. The van der Waals surface area contributed by atoms with Crippen LogP contribution < -0.4 is 0 Å². The van der Waals surface area contributed by atoms with Crippen molar-refractivity contribution < 1.29 is 29.7 Å². The fourth-order valence-electron chi connectivity index (χ4n) is 3.16. The van der Waals surface area contributed by atoms with E-state index in [9.17, 15) is 19.5 Å². The predicted molar refractivity (Wildman–Crippen MR) is 93.7 cm³/mol. The lowest BCUT2D eigenvalue weighted by molar-refractivity contribution is -0.144. The second kappa shape index (κ2) is 9.72. The van der Waals surface area contributed by atoms with Gasteiger partial charge in [0.2, 0.25) is 0 Å². The van der Waals surface area contributed by atoms with E-state index in [1.54, 1.807) is 0 Å². The minimum absolute atomic E-state index is 0.0106. The number of rotatable bonds is 12. The summed E-state index contributed by atoms with van der Waals surface area (Å²) in [5.74, 6) is -3.19. The van der Waals surface area contributed by atoms with Crippen LogP contribution in [0.5, 0.6) is 0 Å². The smallest absolute Gasteiger partial charge is 0.317 e. The molecule has 0 spiro atoms. The van der Waals surface area contributed by atoms with Gasteiger partial charge in [-0.3, -0.25) is 24.2 Å². The van der Waals surface area contributed by atoms with Crippen molar-refractivity contribution in [2.45, 2.75) is 53.0 Å². The van der Waals surface area contributed by atoms with Crippen LogP contribution in [-0.4, -0.2) is 81.3 Å². The van der Waals surface area contributed by atoms with Crippen molar-refractivity contribution in [3.8, 4) is 0 Å². The Bertz CT molecular complexity index is 458. The van der Waals surface area contributed by atoms with Gasteiger partial charge in [0.1, 0.15) is 0 Å². The number of carboxylic acids is 3. The highest BCUT2D eigenvalue weighted by Crippen LogP contribution is 2.33. The van der Waals surface area contributed by atoms with E-state index in [0.717, 1.165) is 12.8 Å². The summed E-state index contributed by atoms with van der Waals surface area (Å²) >= 11 is 0. The quantitative estimate of drug-likeness (QED) is 0.478. The second-order valence-electron chi connectivity index (χ2n) is 7.90. The molecule has 0 aliphatic carbocycles. The van der Waals surface area contributed by atoms with Gasteiger partial charge in [0.15, 0.2) is 0 Å².